The molecule has 0 spiro atoms. The van der Waals surface area contributed by atoms with Crippen LogP contribution >= 0.6 is 0 Å². The summed E-state index contributed by atoms with van der Waals surface area (Å²) < 4.78 is 55.8. The number of aromatic nitrogens is 4. The van der Waals surface area contributed by atoms with E-state index >= 15 is 0 Å². The number of hydrogen-bond donors (Lipinski definition) is 3. The van der Waals surface area contributed by atoms with Crippen LogP contribution in [0, 0.1) is 11.7 Å². The maximum atomic E-state index is 13.7. The molecule has 0 unspecified atom stereocenters. The third kappa shape index (κ3) is 7.18. The zero-order chi connectivity index (χ0) is 28.1. The van der Waals surface area contributed by atoms with Gasteiger partial charge in [0, 0.05) is 36.0 Å². The second kappa shape index (κ2) is 12.1. The number of sulfonamides is 1. The van der Waals surface area contributed by atoms with Gasteiger partial charge in [-0.3, -0.25) is 0 Å². The molecule has 210 valence electrons. The van der Waals surface area contributed by atoms with Gasteiger partial charge in [0.1, 0.15) is 17.4 Å². The van der Waals surface area contributed by atoms with Crippen molar-refractivity contribution in [3.63, 3.8) is 0 Å². The highest BCUT2D eigenvalue weighted by Crippen LogP contribution is 2.31. The van der Waals surface area contributed by atoms with Crippen molar-refractivity contribution < 1.29 is 27.0 Å². The van der Waals surface area contributed by atoms with Crippen molar-refractivity contribution in [2.45, 2.75) is 12.7 Å². The minimum atomic E-state index is -3.29. The van der Waals surface area contributed by atoms with Gasteiger partial charge in [-0.25, -0.2) is 32.5 Å². The highest BCUT2D eigenvalue weighted by molar-refractivity contribution is 7.88. The van der Waals surface area contributed by atoms with Crippen molar-refractivity contribution in [3.05, 3.63) is 72.4 Å². The number of anilines is 2. The van der Waals surface area contributed by atoms with E-state index in [1.54, 1.807) is 31.5 Å². The first-order valence-corrected chi connectivity index (χ1v) is 14.4. The third-order valence-electron chi connectivity index (χ3n) is 6.14. The monoisotopic (exact) mass is 568 g/mol. The van der Waals surface area contributed by atoms with E-state index in [9.17, 15) is 12.8 Å². The number of methoxy groups -OCH3 is 1. The molecule has 5 rings (SSSR count). The van der Waals surface area contributed by atoms with Crippen LogP contribution in [0.25, 0.3) is 22.6 Å². The summed E-state index contributed by atoms with van der Waals surface area (Å²) in [6.45, 7) is 0.929. The zero-order valence-electron chi connectivity index (χ0n) is 21.9. The van der Waals surface area contributed by atoms with Gasteiger partial charge in [0.15, 0.2) is 6.29 Å². The minimum Gasteiger partial charge on any atom is -0.497 e. The molecule has 1 saturated heterocycles. The summed E-state index contributed by atoms with van der Waals surface area (Å²) in [6, 6.07) is 15.2. The Morgan fingerprint density at radius 3 is 2.60 bits per heavy atom. The molecule has 1 aliphatic rings. The third-order valence-corrected chi connectivity index (χ3v) is 6.83. The fraction of sp³-hybridized carbons (Fsp3) is 0.296. The Labute approximate surface area is 231 Å². The van der Waals surface area contributed by atoms with Crippen LogP contribution in [-0.4, -0.2) is 67.8 Å². The van der Waals surface area contributed by atoms with Crippen LogP contribution in [0.1, 0.15) is 5.82 Å². The maximum Gasteiger partial charge on any atom is 0.227 e. The van der Waals surface area contributed by atoms with Gasteiger partial charge >= 0.3 is 0 Å². The molecule has 13 heteroatoms. The van der Waals surface area contributed by atoms with Gasteiger partial charge in [0.25, 0.3) is 0 Å². The number of imidazole rings is 1. The van der Waals surface area contributed by atoms with Crippen molar-refractivity contribution in [1.82, 2.24) is 24.7 Å². The predicted octanol–water partition coefficient (Wildman–Crippen LogP) is 3.51. The van der Waals surface area contributed by atoms with E-state index < -0.39 is 16.3 Å². The molecule has 3 N–H and O–H groups in total. The molecule has 2 aromatic heterocycles. The van der Waals surface area contributed by atoms with E-state index in [4.69, 9.17) is 19.2 Å². The van der Waals surface area contributed by atoms with Gasteiger partial charge in [-0.2, -0.15) is 0 Å². The molecule has 1 fully saturated rings. The number of benzene rings is 2. The summed E-state index contributed by atoms with van der Waals surface area (Å²) >= 11 is 0. The summed E-state index contributed by atoms with van der Waals surface area (Å²) in [5, 5.41) is 3.18. The Morgan fingerprint density at radius 2 is 1.88 bits per heavy atom. The van der Waals surface area contributed by atoms with Crippen molar-refractivity contribution in [2.75, 3.05) is 38.4 Å². The molecular weight excluding hydrogens is 539 g/mol. The van der Waals surface area contributed by atoms with Crippen LogP contribution in [0.15, 0.2) is 60.8 Å². The number of halogens is 1. The Morgan fingerprint density at radius 1 is 1.10 bits per heavy atom. The average molecular weight is 569 g/mol. The lowest BCUT2D eigenvalue weighted by Gasteiger charge is -2.28. The van der Waals surface area contributed by atoms with Gasteiger partial charge in [0.05, 0.1) is 50.1 Å². The van der Waals surface area contributed by atoms with Gasteiger partial charge in [-0.1, -0.05) is 6.07 Å². The summed E-state index contributed by atoms with van der Waals surface area (Å²) in [6.07, 6.45) is 2.51. The second-order valence-electron chi connectivity index (χ2n) is 9.32. The molecule has 2 aromatic carbocycles. The lowest BCUT2D eigenvalue weighted by Crippen LogP contribution is -2.39. The van der Waals surface area contributed by atoms with Crippen LogP contribution < -0.4 is 14.8 Å². The Kier molecular flexibility index (Phi) is 8.35. The summed E-state index contributed by atoms with van der Waals surface area (Å²) in [5.74, 6) is 1.22. The van der Waals surface area contributed by atoms with Gasteiger partial charge in [0.2, 0.25) is 16.0 Å². The zero-order valence-corrected chi connectivity index (χ0v) is 22.7. The lowest BCUT2D eigenvalue weighted by molar-refractivity contribution is -0.198. The molecule has 11 nitrogen and oxygen atoms in total. The molecule has 1 aliphatic heterocycles. The SMILES string of the molecule is COc1cccc(Nc2nccc(-c3[nH]c(CC4OCC(CNS(C)(=O)=O)CO4)nc3-c3ccc(F)cc3)n2)c1. The smallest absolute Gasteiger partial charge is 0.227 e. The molecule has 0 saturated carbocycles. The van der Waals surface area contributed by atoms with Crippen LogP contribution in [0.2, 0.25) is 0 Å². The number of nitrogens with zero attached hydrogens (tertiary/aromatic N) is 3. The first-order valence-electron chi connectivity index (χ1n) is 12.5. The Balaban J connectivity index is 1.37. The topological polar surface area (TPSA) is 140 Å². The van der Waals surface area contributed by atoms with Crippen molar-refractivity contribution >= 4 is 21.7 Å². The van der Waals surface area contributed by atoms with Crippen molar-refractivity contribution in [1.29, 1.82) is 0 Å². The van der Waals surface area contributed by atoms with Crippen LogP contribution in [-0.2, 0) is 25.9 Å². The summed E-state index contributed by atoms with van der Waals surface area (Å²) in [4.78, 5) is 17.1. The maximum absolute atomic E-state index is 13.7. The summed E-state index contributed by atoms with van der Waals surface area (Å²) in [7, 11) is -1.69. The summed E-state index contributed by atoms with van der Waals surface area (Å²) in [5.41, 5.74) is 3.26. The molecule has 0 amide bonds. The van der Waals surface area contributed by atoms with E-state index in [2.05, 4.69) is 25.0 Å². The largest absolute Gasteiger partial charge is 0.497 e. The fourth-order valence-corrected chi connectivity index (χ4v) is 4.69. The molecule has 0 aliphatic carbocycles. The molecule has 4 aromatic rings. The first kappa shape index (κ1) is 27.6. The second-order valence-corrected chi connectivity index (χ2v) is 11.2. The molecule has 0 radical (unpaired) electrons. The quantitative estimate of drug-likeness (QED) is 0.262. The van der Waals surface area contributed by atoms with Crippen LogP contribution in [0.5, 0.6) is 5.75 Å². The molecule has 3 heterocycles. The van der Waals surface area contributed by atoms with Crippen molar-refractivity contribution in [3.8, 4) is 28.4 Å². The molecule has 0 atom stereocenters. The van der Waals surface area contributed by atoms with Crippen LogP contribution in [0.3, 0.4) is 0 Å². The number of aromatic amines is 1. The highest BCUT2D eigenvalue weighted by atomic mass is 32.2. The highest BCUT2D eigenvalue weighted by Gasteiger charge is 2.25. The minimum absolute atomic E-state index is 0.0931. The predicted molar refractivity (Wildman–Crippen MR) is 147 cm³/mol. The average Bonchev–Trinajstić information content (AvgIpc) is 3.36. The van der Waals surface area contributed by atoms with Crippen molar-refractivity contribution in [2.24, 2.45) is 5.92 Å². The normalized spacial score (nSPS) is 17.5. The van der Waals surface area contributed by atoms with E-state index in [0.717, 1.165) is 11.9 Å². The first-order chi connectivity index (χ1) is 19.3. The number of H-pyrrole nitrogens is 1. The standard InChI is InChI=1S/C27H29FN6O5S/c1-37-21-5-3-4-20(12-21)31-27-29-11-10-22(32-27)26-25(18-6-8-19(28)9-7-18)33-23(34-26)13-24-38-15-17(16-39-24)14-30-40(2,35)36/h3-12,17,24,30H,13-16H2,1-2H3,(H,33,34)(H,29,31,32). The van der Waals surface area contributed by atoms with Gasteiger partial charge in [-0.05, 0) is 42.5 Å². The molecule has 0 bridgehead atoms. The van der Waals surface area contributed by atoms with E-state index in [1.165, 1.54) is 12.1 Å². The lowest BCUT2D eigenvalue weighted by atomic mass is 10.1. The van der Waals surface area contributed by atoms with Gasteiger partial charge < -0.3 is 24.5 Å². The number of ether oxygens (including phenoxy) is 3. The number of nitrogens with one attached hydrogen (secondary N) is 3. The number of hydrogen-bond acceptors (Lipinski definition) is 9. The van der Waals surface area contributed by atoms with Crippen LogP contribution in [0.4, 0.5) is 16.0 Å². The molecular formula is C27H29FN6O5S. The fourth-order valence-electron chi connectivity index (χ4n) is 4.15. The Bertz CT molecular complexity index is 1560. The van der Waals surface area contributed by atoms with E-state index in [-0.39, 0.29) is 18.3 Å². The number of rotatable bonds is 10. The van der Waals surface area contributed by atoms with E-state index in [1.807, 2.05) is 24.3 Å². The molecule has 40 heavy (non-hydrogen) atoms. The Hall–Kier alpha value is -3.91. The van der Waals surface area contributed by atoms with E-state index in [0.29, 0.717) is 59.8 Å². The van der Waals surface area contributed by atoms with Gasteiger partial charge in [-0.15, -0.1) is 0 Å².